The third-order valence-corrected chi connectivity index (χ3v) is 6.15. The van der Waals surface area contributed by atoms with E-state index in [2.05, 4.69) is 5.32 Å². The highest BCUT2D eigenvalue weighted by Gasteiger charge is 2.32. The summed E-state index contributed by atoms with van der Waals surface area (Å²) in [5, 5.41) is 12.0. The van der Waals surface area contributed by atoms with E-state index in [0.717, 1.165) is 43.8 Å². The van der Waals surface area contributed by atoms with E-state index in [-0.39, 0.29) is 39.5 Å². The Labute approximate surface area is 163 Å². The molecule has 1 saturated carbocycles. The fraction of sp³-hybridized carbons (Fsp3) is 0.412. The topological polar surface area (TPSA) is 97.3 Å². The molecule has 0 amide bonds. The van der Waals surface area contributed by atoms with Crippen LogP contribution in [0.15, 0.2) is 15.9 Å². The molecule has 4 rings (SSSR count). The Hall–Kier alpha value is -1.84. The van der Waals surface area contributed by atoms with Crippen LogP contribution in [0.1, 0.15) is 35.7 Å². The van der Waals surface area contributed by atoms with Crippen molar-refractivity contribution in [3.05, 3.63) is 33.6 Å². The van der Waals surface area contributed by atoms with Crippen LogP contribution >= 0.6 is 24.2 Å². The number of carboxylic acids is 1. The van der Waals surface area contributed by atoms with E-state index in [1.165, 1.54) is 4.57 Å². The molecule has 2 aliphatic rings. The van der Waals surface area contributed by atoms with Gasteiger partial charge in [-0.2, -0.15) is 0 Å². The first kappa shape index (κ1) is 19.9. The van der Waals surface area contributed by atoms with E-state index in [0.29, 0.717) is 6.54 Å². The Balaban J connectivity index is 0.00000210. The summed E-state index contributed by atoms with van der Waals surface area (Å²) in [6.07, 6.45) is 3.40. The number of carbonyl (C=O) groups is 1. The van der Waals surface area contributed by atoms with E-state index in [4.69, 9.17) is 5.73 Å². The van der Waals surface area contributed by atoms with Crippen molar-refractivity contribution < 1.29 is 18.7 Å². The summed E-state index contributed by atoms with van der Waals surface area (Å²) in [5.74, 6) is -3.28. The minimum atomic E-state index is -1.44. The van der Waals surface area contributed by atoms with Crippen LogP contribution < -0.4 is 16.5 Å². The average Bonchev–Trinajstić information content (AvgIpc) is 3.32. The molecular formula is C17H18ClF2N3O3S. The van der Waals surface area contributed by atoms with Crippen LogP contribution in [0.3, 0.4) is 0 Å². The summed E-state index contributed by atoms with van der Waals surface area (Å²) in [4.78, 5) is 23.7. The van der Waals surface area contributed by atoms with Crippen molar-refractivity contribution in [2.75, 3.05) is 18.8 Å². The molecule has 4 N–H and O–H groups in total. The zero-order valence-electron chi connectivity index (χ0n) is 14.1. The molecule has 27 heavy (non-hydrogen) atoms. The molecule has 0 bridgehead atoms. The highest BCUT2D eigenvalue weighted by Crippen LogP contribution is 2.42. The van der Waals surface area contributed by atoms with Gasteiger partial charge in [-0.3, -0.25) is 4.79 Å². The zero-order valence-corrected chi connectivity index (χ0v) is 15.8. The van der Waals surface area contributed by atoms with Crippen molar-refractivity contribution in [2.45, 2.75) is 35.4 Å². The second-order valence-electron chi connectivity index (χ2n) is 6.64. The second kappa shape index (κ2) is 7.29. The molecule has 1 atom stereocenters. The van der Waals surface area contributed by atoms with Gasteiger partial charge in [0.2, 0.25) is 5.43 Å². The fourth-order valence-corrected chi connectivity index (χ4v) is 4.52. The molecule has 1 aliphatic heterocycles. The second-order valence-corrected chi connectivity index (χ2v) is 7.95. The summed E-state index contributed by atoms with van der Waals surface area (Å²) in [7, 11) is 0. The predicted molar refractivity (Wildman–Crippen MR) is 102 cm³/mol. The van der Waals surface area contributed by atoms with Crippen molar-refractivity contribution in [1.29, 1.82) is 0 Å². The molecule has 6 nitrogen and oxygen atoms in total. The number of nitrogens with one attached hydrogen (secondary N) is 1. The third-order valence-electron chi connectivity index (χ3n) is 4.82. The monoisotopic (exact) mass is 417 g/mol. The van der Waals surface area contributed by atoms with E-state index in [1.807, 2.05) is 0 Å². The van der Waals surface area contributed by atoms with Gasteiger partial charge in [-0.15, -0.1) is 24.2 Å². The van der Waals surface area contributed by atoms with E-state index >= 15 is 4.39 Å². The lowest BCUT2D eigenvalue weighted by Gasteiger charge is -2.18. The largest absolute Gasteiger partial charge is 0.477 e. The molecule has 10 heteroatoms. The summed E-state index contributed by atoms with van der Waals surface area (Å²) >= 11 is 1.07. The Bertz CT molecular complexity index is 988. The molecule has 2 fully saturated rings. The maximum atomic E-state index is 15.3. The molecule has 2 aromatic rings. The van der Waals surface area contributed by atoms with Gasteiger partial charge in [0.15, 0.2) is 11.6 Å². The molecular weight excluding hydrogens is 400 g/mol. The number of pyridine rings is 1. The van der Waals surface area contributed by atoms with Gasteiger partial charge >= 0.3 is 5.97 Å². The highest BCUT2D eigenvalue weighted by atomic mass is 35.5. The van der Waals surface area contributed by atoms with Gasteiger partial charge in [0.25, 0.3) is 0 Å². The molecule has 1 aliphatic carbocycles. The number of thioether (sulfide) groups is 1. The highest BCUT2D eigenvalue weighted by molar-refractivity contribution is 8.00. The molecule has 146 valence electrons. The van der Waals surface area contributed by atoms with Crippen molar-refractivity contribution in [3.8, 4) is 0 Å². The summed E-state index contributed by atoms with van der Waals surface area (Å²) in [6, 6.07) is -0.110. The SMILES string of the molecule is Cl.Nc1c(F)c(SC2CCNC2)c(F)c2c1c(=O)c(C(=O)O)cn2C1CC1. The first-order chi connectivity index (χ1) is 12.4. The number of halogens is 3. The zero-order chi connectivity index (χ0) is 18.6. The number of fused-ring (bicyclic) bond motifs is 1. The molecule has 0 spiro atoms. The van der Waals surface area contributed by atoms with Crippen LogP contribution in [-0.4, -0.2) is 34.0 Å². The molecule has 0 radical (unpaired) electrons. The van der Waals surface area contributed by atoms with Crippen LogP contribution in [0.25, 0.3) is 10.9 Å². The Morgan fingerprint density at radius 3 is 2.56 bits per heavy atom. The van der Waals surface area contributed by atoms with Gasteiger partial charge in [-0.1, -0.05) is 0 Å². The number of rotatable bonds is 4. The Morgan fingerprint density at radius 2 is 2.00 bits per heavy atom. The lowest BCUT2D eigenvalue weighted by molar-refractivity contribution is 0.0695. The van der Waals surface area contributed by atoms with Crippen LogP contribution in [0.5, 0.6) is 0 Å². The molecule has 1 aromatic carbocycles. The van der Waals surface area contributed by atoms with E-state index in [9.17, 15) is 19.1 Å². The first-order valence-electron chi connectivity index (χ1n) is 8.36. The van der Waals surface area contributed by atoms with Crippen LogP contribution in [0.4, 0.5) is 14.5 Å². The lowest BCUT2D eigenvalue weighted by Crippen LogP contribution is -2.21. The van der Waals surface area contributed by atoms with Gasteiger partial charge in [-0.05, 0) is 25.8 Å². The number of hydrogen-bond acceptors (Lipinski definition) is 5. The molecule has 2 heterocycles. The number of carboxylic acid groups (broad SMARTS) is 1. The Kier molecular flexibility index (Phi) is 5.38. The number of nitrogen functional groups attached to an aromatic ring is 1. The average molecular weight is 418 g/mol. The summed E-state index contributed by atoms with van der Waals surface area (Å²) in [6.45, 7) is 1.41. The van der Waals surface area contributed by atoms with Gasteiger partial charge in [0, 0.05) is 24.0 Å². The molecule has 1 aromatic heterocycles. The fourth-order valence-electron chi connectivity index (χ4n) is 3.33. The van der Waals surface area contributed by atoms with Crippen molar-refractivity contribution in [3.63, 3.8) is 0 Å². The van der Waals surface area contributed by atoms with Crippen LogP contribution in [-0.2, 0) is 0 Å². The number of benzene rings is 1. The number of aromatic carboxylic acids is 1. The minimum Gasteiger partial charge on any atom is -0.477 e. The smallest absolute Gasteiger partial charge is 0.341 e. The summed E-state index contributed by atoms with van der Waals surface area (Å²) in [5.41, 5.74) is 3.76. The van der Waals surface area contributed by atoms with Gasteiger partial charge in [-0.25, -0.2) is 13.6 Å². The van der Waals surface area contributed by atoms with Crippen LogP contribution in [0, 0.1) is 11.6 Å². The quantitative estimate of drug-likeness (QED) is 0.662. The first-order valence-corrected chi connectivity index (χ1v) is 9.24. The number of aromatic nitrogens is 1. The van der Waals surface area contributed by atoms with Crippen molar-refractivity contribution in [2.24, 2.45) is 0 Å². The van der Waals surface area contributed by atoms with Crippen molar-refractivity contribution >= 4 is 46.7 Å². The van der Waals surface area contributed by atoms with Gasteiger partial charge in [0.1, 0.15) is 5.56 Å². The molecule has 1 saturated heterocycles. The third kappa shape index (κ3) is 3.28. The maximum Gasteiger partial charge on any atom is 0.341 e. The van der Waals surface area contributed by atoms with Gasteiger partial charge < -0.3 is 20.7 Å². The number of nitrogens with zero attached hydrogens (tertiary/aromatic N) is 1. The van der Waals surface area contributed by atoms with E-state index < -0.39 is 34.3 Å². The number of hydrogen-bond donors (Lipinski definition) is 3. The predicted octanol–water partition coefficient (Wildman–Crippen LogP) is 2.77. The lowest BCUT2D eigenvalue weighted by atomic mass is 10.1. The van der Waals surface area contributed by atoms with E-state index in [1.54, 1.807) is 0 Å². The standard InChI is InChI=1S/C17H17F2N3O3S.ClH/c18-11-13(20)10-14(12(19)16(11)26-8-3-4-21-5-8)22(7-1-2-7)6-9(15(10)23)17(24)25;/h6-8,21H,1-5,20H2,(H,24,25);1H. The Morgan fingerprint density at radius 1 is 1.30 bits per heavy atom. The summed E-state index contributed by atoms with van der Waals surface area (Å²) < 4.78 is 31.5. The number of anilines is 1. The number of nitrogens with two attached hydrogens (primary N) is 1. The molecule has 1 unspecified atom stereocenters. The maximum absolute atomic E-state index is 15.3. The normalized spacial score (nSPS) is 19.3. The van der Waals surface area contributed by atoms with Crippen molar-refractivity contribution in [1.82, 2.24) is 9.88 Å². The van der Waals surface area contributed by atoms with Gasteiger partial charge in [0.05, 0.1) is 21.5 Å². The van der Waals surface area contributed by atoms with Crippen LogP contribution in [0.2, 0.25) is 0 Å². The minimum absolute atomic E-state index is 0.